The highest BCUT2D eigenvalue weighted by molar-refractivity contribution is 6.22. The topological polar surface area (TPSA) is 64.7 Å². The van der Waals surface area contributed by atoms with Gasteiger partial charge in [0.1, 0.15) is 22.8 Å². The fourth-order valence-corrected chi connectivity index (χ4v) is 6.30. The summed E-state index contributed by atoms with van der Waals surface area (Å²) in [5.41, 5.74) is 4.26. The number of aromatic nitrogens is 4. The zero-order chi connectivity index (χ0) is 31.1. The van der Waals surface area contributed by atoms with Gasteiger partial charge in [0.05, 0.1) is 5.69 Å². The summed E-state index contributed by atoms with van der Waals surface area (Å²) in [6.07, 6.45) is 1.91. The minimum Gasteiger partial charge on any atom is -0.456 e. The highest BCUT2D eigenvalue weighted by atomic mass is 16.3. The number of pyridine rings is 1. The summed E-state index contributed by atoms with van der Waals surface area (Å²) in [4.78, 5) is 20.0. The molecular formula is C40H34N4O. The number of hydrogen-bond donors (Lipinski definition) is 0. The van der Waals surface area contributed by atoms with Crippen LogP contribution in [0.2, 0.25) is 0 Å². The number of hydrogen-bond acceptors (Lipinski definition) is 5. The lowest BCUT2D eigenvalue weighted by atomic mass is 9.91. The van der Waals surface area contributed by atoms with Crippen LogP contribution < -0.4 is 0 Å². The van der Waals surface area contributed by atoms with Crippen molar-refractivity contribution in [1.29, 1.82) is 0 Å². The average molecular weight is 587 g/mol. The SMILES string of the molecule is CC(C)(C)c1nc(-c2cc3c4ccnc(-c5ccc6c(c5)oc5ccccc56)c4ccc3c3ccccc23)nc(C(C)(C)C)n1. The lowest BCUT2D eigenvalue weighted by Crippen LogP contribution is -2.24. The summed E-state index contributed by atoms with van der Waals surface area (Å²) in [7, 11) is 0. The van der Waals surface area contributed by atoms with E-state index in [9.17, 15) is 0 Å². The van der Waals surface area contributed by atoms with Crippen LogP contribution in [0.25, 0.3) is 76.9 Å². The molecule has 8 rings (SSSR count). The van der Waals surface area contributed by atoms with Gasteiger partial charge in [0.2, 0.25) is 0 Å². The van der Waals surface area contributed by atoms with E-state index in [1.165, 1.54) is 10.8 Å². The van der Waals surface area contributed by atoms with E-state index < -0.39 is 0 Å². The lowest BCUT2D eigenvalue weighted by Gasteiger charge is -2.23. The van der Waals surface area contributed by atoms with Crippen LogP contribution in [0.5, 0.6) is 0 Å². The van der Waals surface area contributed by atoms with E-state index in [2.05, 4.69) is 114 Å². The molecule has 0 fully saturated rings. The first-order valence-corrected chi connectivity index (χ1v) is 15.5. The molecule has 220 valence electrons. The Morgan fingerprint density at radius 3 is 1.80 bits per heavy atom. The standard InChI is InChI=1S/C40H34N4O/c1-39(2,3)37-42-36(43-38(44-37)40(4,5)6)32-22-31-26(24-11-7-8-12-25(24)32)17-18-30-27(31)19-20-41-35(30)23-15-16-29-28-13-9-10-14-33(28)45-34(29)21-23/h7-22H,1-6H3. The molecular weight excluding hydrogens is 552 g/mol. The van der Waals surface area contributed by atoms with Gasteiger partial charge in [-0.3, -0.25) is 4.98 Å². The summed E-state index contributed by atoms with van der Waals surface area (Å²) < 4.78 is 6.23. The van der Waals surface area contributed by atoms with Gasteiger partial charge in [-0.25, -0.2) is 15.0 Å². The predicted molar refractivity (Wildman–Crippen MR) is 186 cm³/mol. The molecule has 0 aliphatic rings. The van der Waals surface area contributed by atoms with Crippen LogP contribution in [0.4, 0.5) is 0 Å². The van der Waals surface area contributed by atoms with Crippen molar-refractivity contribution in [2.24, 2.45) is 0 Å². The van der Waals surface area contributed by atoms with E-state index in [1.54, 1.807) is 0 Å². The molecule has 0 aliphatic carbocycles. The van der Waals surface area contributed by atoms with Crippen molar-refractivity contribution in [3.8, 4) is 22.6 Å². The Morgan fingerprint density at radius 2 is 1.07 bits per heavy atom. The zero-order valence-electron chi connectivity index (χ0n) is 26.4. The molecule has 0 aliphatic heterocycles. The molecule has 0 saturated heterocycles. The van der Waals surface area contributed by atoms with Gasteiger partial charge in [-0.1, -0.05) is 102 Å². The highest BCUT2D eigenvalue weighted by Crippen LogP contribution is 2.40. The fraction of sp³-hybridized carbons (Fsp3) is 0.200. The van der Waals surface area contributed by atoms with Crippen LogP contribution in [0, 0.1) is 0 Å². The monoisotopic (exact) mass is 586 g/mol. The quantitative estimate of drug-likeness (QED) is 0.189. The number of rotatable bonds is 2. The van der Waals surface area contributed by atoms with Gasteiger partial charge in [-0.2, -0.15) is 0 Å². The maximum atomic E-state index is 6.23. The molecule has 0 bridgehead atoms. The second-order valence-corrected chi connectivity index (χ2v) is 14.0. The predicted octanol–water partition coefficient (Wildman–Crippen LogP) is 10.6. The van der Waals surface area contributed by atoms with Crippen LogP contribution >= 0.6 is 0 Å². The highest BCUT2D eigenvalue weighted by Gasteiger charge is 2.26. The summed E-state index contributed by atoms with van der Waals surface area (Å²) >= 11 is 0. The molecule has 45 heavy (non-hydrogen) atoms. The van der Waals surface area contributed by atoms with Crippen molar-refractivity contribution in [2.75, 3.05) is 0 Å². The van der Waals surface area contributed by atoms with E-state index in [0.717, 1.165) is 72.0 Å². The third kappa shape index (κ3) is 4.45. The summed E-state index contributed by atoms with van der Waals surface area (Å²) in [6.45, 7) is 12.9. The molecule has 0 amide bonds. The van der Waals surface area contributed by atoms with E-state index in [1.807, 2.05) is 24.4 Å². The maximum absolute atomic E-state index is 6.23. The van der Waals surface area contributed by atoms with Gasteiger partial charge in [0.25, 0.3) is 0 Å². The first kappa shape index (κ1) is 27.4. The first-order valence-electron chi connectivity index (χ1n) is 15.5. The normalized spacial score (nSPS) is 12.7. The Bertz CT molecular complexity index is 2430. The number of benzene rings is 5. The lowest BCUT2D eigenvalue weighted by molar-refractivity contribution is 0.497. The minimum absolute atomic E-state index is 0.224. The molecule has 0 N–H and O–H groups in total. The molecule has 5 heteroatoms. The van der Waals surface area contributed by atoms with Crippen molar-refractivity contribution in [3.05, 3.63) is 109 Å². The second kappa shape index (κ2) is 9.67. The van der Waals surface area contributed by atoms with Gasteiger partial charge < -0.3 is 4.42 Å². The Morgan fingerprint density at radius 1 is 0.489 bits per heavy atom. The second-order valence-electron chi connectivity index (χ2n) is 14.0. The number of nitrogens with zero attached hydrogens (tertiary/aromatic N) is 4. The van der Waals surface area contributed by atoms with E-state index >= 15 is 0 Å². The van der Waals surface area contributed by atoms with Gasteiger partial charge in [-0.15, -0.1) is 0 Å². The fourth-order valence-electron chi connectivity index (χ4n) is 6.30. The minimum atomic E-state index is -0.224. The molecule has 0 saturated carbocycles. The van der Waals surface area contributed by atoms with Crippen molar-refractivity contribution >= 4 is 54.3 Å². The van der Waals surface area contributed by atoms with Crippen LogP contribution in [0.1, 0.15) is 53.2 Å². The van der Waals surface area contributed by atoms with Crippen LogP contribution in [0.3, 0.4) is 0 Å². The zero-order valence-corrected chi connectivity index (χ0v) is 26.4. The van der Waals surface area contributed by atoms with Crippen molar-refractivity contribution < 1.29 is 4.42 Å². The molecule has 5 nitrogen and oxygen atoms in total. The molecule has 3 aromatic heterocycles. The molecule has 3 heterocycles. The number of fused-ring (bicyclic) bond motifs is 8. The van der Waals surface area contributed by atoms with Crippen LogP contribution in [-0.2, 0) is 10.8 Å². The van der Waals surface area contributed by atoms with Crippen molar-refractivity contribution in [2.45, 2.75) is 52.4 Å². The van der Waals surface area contributed by atoms with Gasteiger partial charge in [0, 0.05) is 44.3 Å². The molecule has 0 radical (unpaired) electrons. The Balaban J connectivity index is 1.40. The third-order valence-corrected chi connectivity index (χ3v) is 8.65. The number of para-hydroxylation sites is 1. The maximum Gasteiger partial charge on any atom is 0.164 e. The largest absolute Gasteiger partial charge is 0.456 e. The van der Waals surface area contributed by atoms with Crippen LogP contribution in [0.15, 0.2) is 102 Å². The smallest absolute Gasteiger partial charge is 0.164 e. The number of furan rings is 1. The Hall–Kier alpha value is -5.16. The summed E-state index contributed by atoms with van der Waals surface area (Å²) in [6, 6.07) is 31.9. The third-order valence-electron chi connectivity index (χ3n) is 8.65. The molecule has 0 spiro atoms. The molecule has 5 aromatic carbocycles. The van der Waals surface area contributed by atoms with Gasteiger partial charge in [-0.05, 0) is 57.3 Å². The summed E-state index contributed by atoms with van der Waals surface area (Å²) in [5.74, 6) is 2.30. The Kier molecular flexibility index (Phi) is 5.89. The molecule has 8 aromatic rings. The average Bonchev–Trinajstić information content (AvgIpc) is 3.41. The van der Waals surface area contributed by atoms with Crippen LogP contribution in [-0.4, -0.2) is 19.9 Å². The van der Waals surface area contributed by atoms with E-state index in [-0.39, 0.29) is 10.8 Å². The molecule has 0 unspecified atom stereocenters. The summed E-state index contributed by atoms with van der Waals surface area (Å²) in [5, 5.41) is 9.08. The first-order chi connectivity index (χ1) is 21.6. The van der Waals surface area contributed by atoms with Crippen molar-refractivity contribution in [3.63, 3.8) is 0 Å². The van der Waals surface area contributed by atoms with Gasteiger partial charge >= 0.3 is 0 Å². The van der Waals surface area contributed by atoms with E-state index in [0.29, 0.717) is 5.82 Å². The Labute approximate surface area is 262 Å². The van der Waals surface area contributed by atoms with Gasteiger partial charge in [0.15, 0.2) is 5.82 Å². The van der Waals surface area contributed by atoms with Crippen molar-refractivity contribution in [1.82, 2.24) is 19.9 Å². The molecule has 0 atom stereocenters. The van der Waals surface area contributed by atoms with E-state index in [4.69, 9.17) is 24.4 Å².